The van der Waals surface area contributed by atoms with Gasteiger partial charge in [0.05, 0.1) is 0 Å². The average Bonchev–Trinajstić information content (AvgIpc) is 2.78. The number of rotatable bonds is 2. The van der Waals surface area contributed by atoms with Crippen LogP contribution in [0.15, 0.2) is 0 Å². The molecule has 1 N–H and O–H groups in total. The molecule has 14 heavy (non-hydrogen) atoms. The summed E-state index contributed by atoms with van der Waals surface area (Å²) in [5, 5.41) is 3.57. The molecule has 1 saturated carbocycles. The first-order valence-electron chi connectivity index (χ1n) is 5.96. The fourth-order valence-corrected chi connectivity index (χ4v) is 2.78. The molecular formula is C12H24N2. The Bertz CT molecular complexity index is 224. The van der Waals surface area contributed by atoms with Crippen molar-refractivity contribution in [2.45, 2.75) is 52.1 Å². The van der Waals surface area contributed by atoms with E-state index < -0.39 is 0 Å². The van der Waals surface area contributed by atoms with Crippen LogP contribution in [0.4, 0.5) is 0 Å². The lowest BCUT2D eigenvalue weighted by Crippen LogP contribution is -2.57. The fourth-order valence-electron chi connectivity index (χ4n) is 2.78. The van der Waals surface area contributed by atoms with Crippen LogP contribution in [0, 0.1) is 5.41 Å². The Morgan fingerprint density at radius 2 is 2.07 bits per heavy atom. The van der Waals surface area contributed by atoms with Crippen LogP contribution >= 0.6 is 0 Å². The van der Waals surface area contributed by atoms with E-state index in [-0.39, 0.29) is 0 Å². The molecule has 2 nitrogen and oxygen atoms in total. The van der Waals surface area contributed by atoms with E-state index in [0.29, 0.717) is 11.0 Å². The van der Waals surface area contributed by atoms with Crippen molar-refractivity contribution in [2.24, 2.45) is 5.41 Å². The number of hydrogen-bond acceptors (Lipinski definition) is 2. The van der Waals surface area contributed by atoms with Gasteiger partial charge in [-0.15, -0.1) is 0 Å². The van der Waals surface area contributed by atoms with Crippen molar-refractivity contribution in [1.82, 2.24) is 10.2 Å². The summed E-state index contributed by atoms with van der Waals surface area (Å²) >= 11 is 0. The first-order valence-corrected chi connectivity index (χ1v) is 5.96. The average molecular weight is 196 g/mol. The van der Waals surface area contributed by atoms with E-state index in [9.17, 15) is 0 Å². The molecule has 0 amide bonds. The van der Waals surface area contributed by atoms with Crippen LogP contribution in [0.1, 0.15) is 40.5 Å². The Hall–Kier alpha value is -0.0800. The third kappa shape index (κ3) is 1.82. The van der Waals surface area contributed by atoms with E-state index in [2.05, 4.69) is 37.9 Å². The minimum Gasteiger partial charge on any atom is -0.309 e. The van der Waals surface area contributed by atoms with Crippen LogP contribution in [-0.4, -0.2) is 36.1 Å². The third-order valence-corrected chi connectivity index (χ3v) is 4.15. The second-order valence-electron chi connectivity index (χ2n) is 6.01. The fraction of sp³-hybridized carbons (Fsp3) is 1.00. The van der Waals surface area contributed by atoms with Crippen molar-refractivity contribution < 1.29 is 0 Å². The first-order chi connectivity index (χ1) is 6.47. The van der Waals surface area contributed by atoms with Gasteiger partial charge < -0.3 is 5.32 Å². The predicted octanol–water partition coefficient (Wildman–Crippen LogP) is 1.86. The molecule has 1 saturated heterocycles. The SMILES string of the molecule is CCC1(C)CC1N1CCNC(C)(C)C1. The molecule has 2 rings (SSSR count). The number of hydrogen-bond donors (Lipinski definition) is 1. The maximum Gasteiger partial charge on any atom is 0.0252 e. The molecule has 0 bridgehead atoms. The first kappa shape index (κ1) is 10.4. The zero-order valence-electron chi connectivity index (χ0n) is 10.1. The summed E-state index contributed by atoms with van der Waals surface area (Å²) in [6, 6.07) is 0.869. The molecule has 0 aromatic rings. The maximum atomic E-state index is 3.57. The molecule has 2 fully saturated rings. The minimum atomic E-state index is 0.315. The van der Waals surface area contributed by atoms with E-state index in [4.69, 9.17) is 0 Å². The van der Waals surface area contributed by atoms with Crippen LogP contribution in [0.2, 0.25) is 0 Å². The Morgan fingerprint density at radius 3 is 2.57 bits per heavy atom. The van der Waals surface area contributed by atoms with Gasteiger partial charge in [-0.25, -0.2) is 0 Å². The van der Waals surface area contributed by atoms with Crippen LogP contribution in [-0.2, 0) is 0 Å². The Balaban J connectivity index is 1.94. The monoisotopic (exact) mass is 196 g/mol. The lowest BCUT2D eigenvalue weighted by Gasteiger charge is -2.40. The summed E-state index contributed by atoms with van der Waals surface area (Å²) in [5.41, 5.74) is 0.947. The molecule has 0 aromatic heterocycles. The highest BCUT2D eigenvalue weighted by Crippen LogP contribution is 2.52. The number of nitrogens with zero attached hydrogens (tertiary/aromatic N) is 1. The van der Waals surface area contributed by atoms with Crippen molar-refractivity contribution in [2.75, 3.05) is 19.6 Å². The standard InChI is InChI=1S/C12H24N2/c1-5-12(4)8-10(12)14-7-6-13-11(2,3)9-14/h10,13H,5-9H2,1-4H3. The summed E-state index contributed by atoms with van der Waals surface area (Å²) in [6.07, 6.45) is 2.75. The smallest absolute Gasteiger partial charge is 0.0252 e. The highest BCUT2D eigenvalue weighted by atomic mass is 15.3. The molecule has 2 heteroatoms. The van der Waals surface area contributed by atoms with Gasteiger partial charge in [0.25, 0.3) is 0 Å². The molecule has 1 aliphatic heterocycles. The highest BCUT2D eigenvalue weighted by molar-refractivity contribution is 5.07. The highest BCUT2D eigenvalue weighted by Gasteiger charge is 2.52. The maximum absolute atomic E-state index is 3.57. The van der Waals surface area contributed by atoms with Crippen molar-refractivity contribution in [3.63, 3.8) is 0 Å². The van der Waals surface area contributed by atoms with Gasteiger partial charge in [-0.05, 0) is 32.1 Å². The second-order valence-corrected chi connectivity index (χ2v) is 6.01. The molecule has 1 heterocycles. The van der Waals surface area contributed by atoms with E-state index >= 15 is 0 Å². The van der Waals surface area contributed by atoms with E-state index in [1.165, 1.54) is 25.9 Å². The quantitative estimate of drug-likeness (QED) is 0.725. The summed E-state index contributed by atoms with van der Waals surface area (Å²) < 4.78 is 0. The summed E-state index contributed by atoms with van der Waals surface area (Å²) in [6.45, 7) is 13.0. The Kier molecular flexibility index (Phi) is 2.39. The van der Waals surface area contributed by atoms with Gasteiger partial charge in [0.2, 0.25) is 0 Å². The Labute approximate surface area is 88.1 Å². The minimum absolute atomic E-state index is 0.315. The van der Waals surface area contributed by atoms with E-state index in [0.717, 1.165) is 12.6 Å². The molecule has 1 aliphatic carbocycles. The molecule has 2 atom stereocenters. The lowest BCUT2D eigenvalue weighted by atomic mass is 10.0. The van der Waals surface area contributed by atoms with Crippen LogP contribution in [0.5, 0.6) is 0 Å². The molecule has 0 radical (unpaired) electrons. The summed E-state index contributed by atoms with van der Waals surface area (Å²) in [5.74, 6) is 0. The van der Waals surface area contributed by atoms with Gasteiger partial charge >= 0.3 is 0 Å². The molecular weight excluding hydrogens is 172 g/mol. The molecule has 0 spiro atoms. The van der Waals surface area contributed by atoms with Gasteiger partial charge in [0.1, 0.15) is 0 Å². The van der Waals surface area contributed by atoms with Crippen molar-refractivity contribution in [1.29, 1.82) is 0 Å². The Morgan fingerprint density at radius 1 is 1.36 bits per heavy atom. The van der Waals surface area contributed by atoms with Gasteiger partial charge in [0.15, 0.2) is 0 Å². The summed E-state index contributed by atoms with van der Waals surface area (Å²) in [4.78, 5) is 2.69. The van der Waals surface area contributed by atoms with E-state index in [1.807, 2.05) is 0 Å². The lowest BCUT2D eigenvalue weighted by molar-refractivity contribution is 0.131. The number of piperazine rings is 1. The van der Waals surface area contributed by atoms with Crippen LogP contribution in [0.3, 0.4) is 0 Å². The topological polar surface area (TPSA) is 15.3 Å². The van der Waals surface area contributed by atoms with Gasteiger partial charge in [0, 0.05) is 31.2 Å². The second kappa shape index (κ2) is 3.21. The van der Waals surface area contributed by atoms with Crippen LogP contribution < -0.4 is 5.32 Å². The number of nitrogens with one attached hydrogen (secondary N) is 1. The summed E-state index contributed by atoms with van der Waals surface area (Å²) in [7, 11) is 0. The van der Waals surface area contributed by atoms with Crippen molar-refractivity contribution in [3.05, 3.63) is 0 Å². The predicted molar refractivity (Wildman–Crippen MR) is 60.5 cm³/mol. The van der Waals surface area contributed by atoms with Gasteiger partial charge in [-0.3, -0.25) is 4.90 Å². The zero-order chi connectivity index (χ0) is 10.4. The van der Waals surface area contributed by atoms with Crippen LogP contribution in [0.25, 0.3) is 0 Å². The molecule has 82 valence electrons. The molecule has 0 aromatic carbocycles. The van der Waals surface area contributed by atoms with E-state index in [1.54, 1.807) is 0 Å². The largest absolute Gasteiger partial charge is 0.309 e. The van der Waals surface area contributed by atoms with Crippen molar-refractivity contribution in [3.8, 4) is 0 Å². The normalized spacial score (nSPS) is 42.4. The third-order valence-electron chi connectivity index (χ3n) is 4.15. The van der Waals surface area contributed by atoms with Crippen molar-refractivity contribution >= 4 is 0 Å². The molecule has 2 aliphatic rings. The van der Waals surface area contributed by atoms with Gasteiger partial charge in [-0.2, -0.15) is 0 Å². The van der Waals surface area contributed by atoms with Gasteiger partial charge in [-0.1, -0.05) is 13.8 Å². The molecule has 2 unspecified atom stereocenters. The zero-order valence-corrected chi connectivity index (χ0v) is 10.1.